The Morgan fingerprint density at radius 3 is 2.85 bits per heavy atom. The summed E-state index contributed by atoms with van der Waals surface area (Å²) < 4.78 is 0. The molecule has 1 saturated heterocycles. The van der Waals surface area contributed by atoms with Gasteiger partial charge in [0.2, 0.25) is 0 Å². The molecule has 0 spiro atoms. The van der Waals surface area contributed by atoms with Gasteiger partial charge in [-0.25, -0.2) is 0 Å². The number of rotatable bonds is 3. The Balaban J connectivity index is 2.33. The molecule has 0 amide bonds. The van der Waals surface area contributed by atoms with Gasteiger partial charge in [0.25, 0.3) is 0 Å². The van der Waals surface area contributed by atoms with Crippen LogP contribution in [-0.4, -0.2) is 41.5 Å². The molecule has 1 aliphatic heterocycles. The van der Waals surface area contributed by atoms with Crippen molar-refractivity contribution in [2.24, 2.45) is 5.92 Å². The van der Waals surface area contributed by atoms with E-state index in [-0.39, 0.29) is 11.9 Å². The molecule has 0 saturated carbocycles. The van der Waals surface area contributed by atoms with Crippen LogP contribution in [0.4, 0.5) is 0 Å². The first-order valence-electron chi connectivity index (χ1n) is 5.05. The first-order chi connectivity index (χ1) is 6.13. The summed E-state index contributed by atoms with van der Waals surface area (Å²) in [4.78, 5) is 13.2. The molecule has 1 rings (SSSR count). The third-order valence-corrected chi connectivity index (χ3v) is 2.80. The SMILES string of the molecule is CCC(=O)CN1CCC(C)C(O)C1. The normalized spacial score (nSPS) is 30.4. The van der Waals surface area contributed by atoms with Crippen LogP contribution >= 0.6 is 0 Å². The van der Waals surface area contributed by atoms with E-state index in [0.29, 0.717) is 25.4 Å². The maximum Gasteiger partial charge on any atom is 0.146 e. The maximum absolute atomic E-state index is 11.1. The Labute approximate surface area is 79.7 Å². The van der Waals surface area contributed by atoms with E-state index in [9.17, 15) is 9.90 Å². The fraction of sp³-hybridized carbons (Fsp3) is 0.900. The molecule has 0 aromatic rings. The van der Waals surface area contributed by atoms with Gasteiger partial charge in [-0.2, -0.15) is 0 Å². The summed E-state index contributed by atoms with van der Waals surface area (Å²) in [6, 6.07) is 0. The number of β-amino-alcohol motifs (C(OH)–C–C–N with tert-alkyl or cyclic N) is 1. The molecule has 0 aromatic carbocycles. The van der Waals surface area contributed by atoms with Crippen molar-refractivity contribution < 1.29 is 9.90 Å². The Morgan fingerprint density at radius 1 is 1.62 bits per heavy atom. The van der Waals surface area contributed by atoms with E-state index < -0.39 is 0 Å². The molecule has 76 valence electrons. The van der Waals surface area contributed by atoms with Crippen molar-refractivity contribution in [2.45, 2.75) is 32.8 Å². The zero-order chi connectivity index (χ0) is 9.84. The minimum Gasteiger partial charge on any atom is -0.392 e. The average Bonchev–Trinajstić information content (AvgIpc) is 2.11. The van der Waals surface area contributed by atoms with E-state index in [4.69, 9.17) is 0 Å². The van der Waals surface area contributed by atoms with Crippen molar-refractivity contribution in [1.29, 1.82) is 0 Å². The van der Waals surface area contributed by atoms with E-state index in [2.05, 4.69) is 11.8 Å². The van der Waals surface area contributed by atoms with E-state index in [1.54, 1.807) is 0 Å². The molecule has 0 aliphatic carbocycles. The van der Waals surface area contributed by atoms with Crippen molar-refractivity contribution in [1.82, 2.24) is 4.90 Å². The molecular weight excluding hydrogens is 166 g/mol. The van der Waals surface area contributed by atoms with Crippen LogP contribution in [0.1, 0.15) is 26.7 Å². The number of aliphatic hydroxyl groups excluding tert-OH is 1. The Morgan fingerprint density at radius 2 is 2.31 bits per heavy atom. The molecule has 0 bridgehead atoms. The number of aliphatic hydroxyl groups is 1. The summed E-state index contributed by atoms with van der Waals surface area (Å²) >= 11 is 0. The number of carbonyl (C=O) groups excluding carboxylic acids is 1. The average molecular weight is 185 g/mol. The van der Waals surface area contributed by atoms with Gasteiger partial charge < -0.3 is 5.11 Å². The zero-order valence-electron chi connectivity index (χ0n) is 8.49. The monoisotopic (exact) mass is 185 g/mol. The van der Waals surface area contributed by atoms with Gasteiger partial charge in [0.15, 0.2) is 0 Å². The number of nitrogens with zero attached hydrogens (tertiary/aromatic N) is 1. The number of Topliss-reactive ketones (excluding diaryl/α,β-unsaturated/α-hetero) is 1. The third kappa shape index (κ3) is 3.08. The van der Waals surface area contributed by atoms with Gasteiger partial charge in [0.05, 0.1) is 12.6 Å². The highest BCUT2D eigenvalue weighted by Crippen LogP contribution is 2.16. The van der Waals surface area contributed by atoms with Gasteiger partial charge in [-0.1, -0.05) is 13.8 Å². The Bertz CT molecular complexity index is 182. The molecular formula is C10H19NO2. The highest BCUT2D eigenvalue weighted by molar-refractivity contribution is 5.80. The number of carbonyl (C=O) groups is 1. The maximum atomic E-state index is 11.1. The smallest absolute Gasteiger partial charge is 0.146 e. The fourth-order valence-electron chi connectivity index (χ4n) is 1.62. The van der Waals surface area contributed by atoms with E-state index in [0.717, 1.165) is 13.0 Å². The summed E-state index contributed by atoms with van der Waals surface area (Å²) in [6.07, 6.45) is 1.35. The summed E-state index contributed by atoms with van der Waals surface area (Å²) in [5.41, 5.74) is 0. The predicted molar refractivity (Wildman–Crippen MR) is 51.5 cm³/mol. The summed E-state index contributed by atoms with van der Waals surface area (Å²) in [6.45, 7) is 6.06. The van der Waals surface area contributed by atoms with Crippen LogP contribution in [0.2, 0.25) is 0 Å². The van der Waals surface area contributed by atoms with E-state index in [1.165, 1.54) is 0 Å². The first-order valence-corrected chi connectivity index (χ1v) is 5.05. The van der Waals surface area contributed by atoms with Gasteiger partial charge in [-0.3, -0.25) is 9.69 Å². The second-order valence-electron chi connectivity index (χ2n) is 3.96. The van der Waals surface area contributed by atoms with Gasteiger partial charge >= 0.3 is 0 Å². The van der Waals surface area contributed by atoms with Gasteiger partial charge in [0, 0.05) is 13.0 Å². The highest BCUT2D eigenvalue weighted by Gasteiger charge is 2.24. The molecule has 2 unspecified atom stereocenters. The van der Waals surface area contributed by atoms with Crippen molar-refractivity contribution in [2.75, 3.05) is 19.6 Å². The zero-order valence-corrected chi connectivity index (χ0v) is 8.49. The first kappa shape index (κ1) is 10.7. The number of piperidine rings is 1. The number of likely N-dealkylation sites (tertiary alicyclic amines) is 1. The molecule has 1 fully saturated rings. The minimum absolute atomic E-state index is 0.251. The lowest BCUT2D eigenvalue weighted by Crippen LogP contribution is -2.44. The second kappa shape index (κ2) is 4.72. The molecule has 2 atom stereocenters. The molecule has 1 N–H and O–H groups in total. The standard InChI is InChI=1S/C10H19NO2/c1-3-9(12)6-11-5-4-8(2)10(13)7-11/h8,10,13H,3-7H2,1-2H3. The minimum atomic E-state index is -0.251. The second-order valence-corrected chi connectivity index (χ2v) is 3.96. The summed E-state index contributed by atoms with van der Waals surface area (Å²) in [5, 5.41) is 9.58. The van der Waals surface area contributed by atoms with Crippen molar-refractivity contribution in [3.63, 3.8) is 0 Å². The Kier molecular flexibility index (Phi) is 3.88. The van der Waals surface area contributed by atoms with Crippen LogP contribution in [0, 0.1) is 5.92 Å². The van der Waals surface area contributed by atoms with Crippen molar-refractivity contribution >= 4 is 5.78 Å². The third-order valence-electron chi connectivity index (χ3n) is 2.80. The van der Waals surface area contributed by atoms with Crippen LogP contribution in [0.25, 0.3) is 0 Å². The number of ketones is 1. The largest absolute Gasteiger partial charge is 0.392 e. The van der Waals surface area contributed by atoms with Crippen molar-refractivity contribution in [3.05, 3.63) is 0 Å². The quantitative estimate of drug-likeness (QED) is 0.702. The lowest BCUT2D eigenvalue weighted by atomic mass is 9.96. The predicted octanol–water partition coefficient (Wildman–Crippen LogP) is 0.668. The number of hydrogen-bond acceptors (Lipinski definition) is 3. The molecule has 1 heterocycles. The number of hydrogen-bond donors (Lipinski definition) is 1. The lowest BCUT2D eigenvalue weighted by Gasteiger charge is -2.33. The van der Waals surface area contributed by atoms with Crippen LogP contribution in [0.5, 0.6) is 0 Å². The molecule has 13 heavy (non-hydrogen) atoms. The van der Waals surface area contributed by atoms with Gasteiger partial charge in [0.1, 0.15) is 5.78 Å². The highest BCUT2D eigenvalue weighted by atomic mass is 16.3. The summed E-state index contributed by atoms with van der Waals surface area (Å²) in [7, 11) is 0. The molecule has 0 radical (unpaired) electrons. The van der Waals surface area contributed by atoms with Crippen LogP contribution in [0.3, 0.4) is 0 Å². The van der Waals surface area contributed by atoms with Crippen LogP contribution in [-0.2, 0) is 4.79 Å². The summed E-state index contributed by atoms with van der Waals surface area (Å²) in [5.74, 6) is 0.648. The van der Waals surface area contributed by atoms with Crippen LogP contribution < -0.4 is 0 Å². The molecule has 1 aliphatic rings. The molecule has 0 aromatic heterocycles. The van der Waals surface area contributed by atoms with Crippen molar-refractivity contribution in [3.8, 4) is 0 Å². The molecule has 3 nitrogen and oxygen atoms in total. The molecule has 3 heteroatoms. The fourth-order valence-corrected chi connectivity index (χ4v) is 1.62. The van der Waals surface area contributed by atoms with E-state index >= 15 is 0 Å². The van der Waals surface area contributed by atoms with Crippen LogP contribution in [0.15, 0.2) is 0 Å². The lowest BCUT2D eigenvalue weighted by molar-refractivity contribution is -0.120. The Hall–Kier alpha value is -0.410. The van der Waals surface area contributed by atoms with Gasteiger partial charge in [-0.15, -0.1) is 0 Å². The van der Waals surface area contributed by atoms with E-state index in [1.807, 2.05) is 6.92 Å². The topological polar surface area (TPSA) is 40.5 Å². The van der Waals surface area contributed by atoms with Gasteiger partial charge in [-0.05, 0) is 18.9 Å².